The van der Waals surface area contributed by atoms with E-state index in [1.165, 1.54) is 71.1 Å². The first-order valence-corrected chi connectivity index (χ1v) is 18.1. The van der Waals surface area contributed by atoms with Crippen LogP contribution in [-0.4, -0.2) is 4.98 Å². The summed E-state index contributed by atoms with van der Waals surface area (Å²) in [5.41, 5.74) is 10.0. The van der Waals surface area contributed by atoms with Gasteiger partial charge in [0.2, 0.25) is 5.89 Å². The SMILES string of the molecule is c1ccc(-c2nc3ccc4ccc5ccc(-c6c7ccccc7c(-c7cccc8c(-c9ccccc9)cccc78)c7ccccc67)cc5c4c3o2)cc1. The molecule has 0 saturated carbocycles. The van der Waals surface area contributed by atoms with Gasteiger partial charge in [-0.1, -0.05) is 164 Å². The van der Waals surface area contributed by atoms with Crippen LogP contribution in [0.15, 0.2) is 192 Å². The van der Waals surface area contributed by atoms with Crippen LogP contribution in [-0.2, 0) is 0 Å². The van der Waals surface area contributed by atoms with Gasteiger partial charge in [-0.05, 0) is 106 Å². The first kappa shape index (κ1) is 29.7. The summed E-state index contributed by atoms with van der Waals surface area (Å²) in [5, 5.41) is 12.0. The Morgan fingerprint density at radius 3 is 1.57 bits per heavy atom. The number of oxazole rings is 1. The summed E-state index contributed by atoms with van der Waals surface area (Å²) in [4.78, 5) is 4.92. The van der Waals surface area contributed by atoms with Crippen LogP contribution in [0.25, 0.3) is 110 Å². The molecule has 53 heavy (non-hydrogen) atoms. The van der Waals surface area contributed by atoms with Gasteiger partial charge in [0.25, 0.3) is 0 Å². The van der Waals surface area contributed by atoms with E-state index in [-0.39, 0.29) is 0 Å². The van der Waals surface area contributed by atoms with Crippen LogP contribution in [0.4, 0.5) is 0 Å². The Morgan fingerprint density at radius 1 is 0.340 bits per heavy atom. The summed E-state index contributed by atoms with van der Waals surface area (Å²) in [6.45, 7) is 0. The lowest BCUT2D eigenvalue weighted by Gasteiger charge is -2.19. The zero-order chi connectivity index (χ0) is 34.9. The van der Waals surface area contributed by atoms with Gasteiger partial charge in [0, 0.05) is 10.9 Å². The Morgan fingerprint density at radius 2 is 0.868 bits per heavy atom. The number of rotatable bonds is 4. The summed E-state index contributed by atoms with van der Waals surface area (Å²) in [5.74, 6) is 0.637. The Kier molecular flexibility index (Phi) is 6.59. The lowest BCUT2D eigenvalue weighted by atomic mass is 9.83. The quantitative estimate of drug-likeness (QED) is 0.137. The molecule has 0 radical (unpaired) electrons. The molecule has 11 aromatic rings. The highest BCUT2D eigenvalue weighted by atomic mass is 16.3. The van der Waals surface area contributed by atoms with Crippen LogP contribution < -0.4 is 0 Å². The molecule has 0 spiro atoms. The van der Waals surface area contributed by atoms with Crippen LogP contribution in [0.5, 0.6) is 0 Å². The number of aromatic nitrogens is 1. The number of fused-ring (bicyclic) bond motifs is 8. The number of hydrogen-bond donors (Lipinski definition) is 0. The van der Waals surface area contributed by atoms with Gasteiger partial charge in [0.05, 0.1) is 0 Å². The standard InChI is InChI=1S/C51H31NO/c1-3-13-32(14-4-1)37-21-11-23-39-38(37)22-12-24-40(39)49-43-19-9-7-17-41(43)47(42-18-8-10-20-44(42)49)36-28-26-33-25-27-34-29-30-46-50(48(34)45(33)31-36)53-51(52-46)35-15-5-2-6-16-35/h1-31H. The van der Waals surface area contributed by atoms with Gasteiger partial charge in [0.1, 0.15) is 5.52 Å². The van der Waals surface area contributed by atoms with Gasteiger partial charge in [0.15, 0.2) is 5.58 Å². The van der Waals surface area contributed by atoms with Crippen LogP contribution in [0.1, 0.15) is 0 Å². The lowest BCUT2D eigenvalue weighted by Crippen LogP contribution is -1.92. The van der Waals surface area contributed by atoms with Crippen molar-refractivity contribution in [1.82, 2.24) is 4.98 Å². The summed E-state index contributed by atoms with van der Waals surface area (Å²) in [6.07, 6.45) is 0. The summed E-state index contributed by atoms with van der Waals surface area (Å²) in [7, 11) is 0. The summed E-state index contributed by atoms with van der Waals surface area (Å²) in [6, 6.07) is 67.7. The Balaban J connectivity index is 1.19. The van der Waals surface area contributed by atoms with Crippen molar-refractivity contribution in [3.8, 4) is 44.8 Å². The smallest absolute Gasteiger partial charge is 0.227 e. The third kappa shape index (κ3) is 4.63. The average Bonchev–Trinajstić information content (AvgIpc) is 3.68. The van der Waals surface area contributed by atoms with E-state index in [1.807, 2.05) is 30.3 Å². The second-order valence-electron chi connectivity index (χ2n) is 13.8. The van der Waals surface area contributed by atoms with Gasteiger partial charge < -0.3 is 4.42 Å². The molecule has 0 bridgehead atoms. The summed E-state index contributed by atoms with van der Waals surface area (Å²) >= 11 is 0. The van der Waals surface area contributed by atoms with E-state index in [0.717, 1.165) is 32.8 Å². The molecule has 0 amide bonds. The maximum absolute atomic E-state index is 6.59. The molecule has 0 saturated heterocycles. The van der Waals surface area contributed by atoms with Gasteiger partial charge in [-0.2, -0.15) is 0 Å². The van der Waals surface area contributed by atoms with Crippen LogP contribution in [0.3, 0.4) is 0 Å². The van der Waals surface area contributed by atoms with Crippen molar-refractivity contribution in [3.05, 3.63) is 188 Å². The maximum Gasteiger partial charge on any atom is 0.227 e. The minimum atomic E-state index is 0.637. The molecule has 11 rings (SSSR count). The zero-order valence-electron chi connectivity index (χ0n) is 28.8. The molecule has 246 valence electrons. The molecule has 0 fully saturated rings. The van der Waals surface area contributed by atoms with Crippen LogP contribution >= 0.6 is 0 Å². The molecule has 0 aliphatic heterocycles. The first-order valence-electron chi connectivity index (χ1n) is 18.1. The molecular weight excluding hydrogens is 643 g/mol. The second-order valence-corrected chi connectivity index (χ2v) is 13.8. The van der Waals surface area contributed by atoms with Crippen molar-refractivity contribution in [3.63, 3.8) is 0 Å². The van der Waals surface area contributed by atoms with E-state index in [1.54, 1.807) is 0 Å². The van der Waals surface area contributed by atoms with Gasteiger partial charge >= 0.3 is 0 Å². The number of benzene rings is 10. The molecule has 2 heteroatoms. The second kappa shape index (κ2) is 11.8. The largest absolute Gasteiger partial charge is 0.435 e. The van der Waals surface area contributed by atoms with E-state index < -0.39 is 0 Å². The van der Waals surface area contributed by atoms with Crippen molar-refractivity contribution < 1.29 is 4.42 Å². The van der Waals surface area contributed by atoms with Crippen molar-refractivity contribution in [1.29, 1.82) is 0 Å². The molecule has 1 heterocycles. The van der Waals surface area contributed by atoms with E-state index in [0.29, 0.717) is 5.89 Å². The molecular formula is C51H31NO. The third-order valence-electron chi connectivity index (χ3n) is 10.9. The Bertz CT molecular complexity index is 3160. The number of nitrogens with zero attached hydrogens (tertiary/aromatic N) is 1. The molecule has 10 aromatic carbocycles. The molecule has 0 aliphatic carbocycles. The predicted octanol–water partition coefficient (Wildman–Crippen LogP) is 14.3. The molecule has 1 aromatic heterocycles. The topological polar surface area (TPSA) is 26.0 Å². The first-order chi connectivity index (χ1) is 26.3. The maximum atomic E-state index is 6.59. The highest BCUT2D eigenvalue weighted by Gasteiger charge is 2.20. The minimum absolute atomic E-state index is 0.637. The predicted molar refractivity (Wildman–Crippen MR) is 223 cm³/mol. The van der Waals surface area contributed by atoms with Gasteiger partial charge in [-0.25, -0.2) is 4.98 Å². The fourth-order valence-corrected chi connectivity index (χ4v) is 8.51. The van der Waals surface area contributed by atoms with E-state index in [9.17, 15) is 0 Å². The highest BCUT2D eigenvalue weighted by molar-refractivity contribution is 6.25. The Hall–Kier alpha value is -7.03. The lowest BCUT2D eigenvalue weighted by molar-refractivity contribution is 0.623. The highest BCUT2D eigenvalue weighted by Crippen LogP contribution is 2.47. The molecule has 0 atom stereocenters. The van der Waals surface area contributed by atoms with Crippen LogP contribution in [0.2, 0.25) is 0 Å². The van der Waals surface area contributed by atoms with Crippen molar-refractivity contribution in [2.45, 2.75) is 0 Å². The molecule has 0 N–H and O–H groups in total. The van der Waals surface area contributed by atoms with Crippen molar-refractivity contribution in [2.75, 3.05) is 0 Å². The normalized spacial score (nSPS) is 11.8. The molecule has 0 aliphatic rings. The number of hydrogen-bond acceptors (Lipinski definition) is 2. The average molecular weight is 674 g/mol. The van der Waals surface area contributed by atoms with E-state index in [4.69, 9.17) is 9.40 Å². The van der Waals surface area contributed by atoms with Crippen molar-refractivity contribution >= 4 is 65.0 Å². The fourth-order valence-electron chi connectivity index (χ4n) is 8.51. The minimum Gasteiger partial charge on any atom is -0.435 e. The van der Waals surface area contributed by atoms with E-state index >= 15 is 0 Å². The molecule has 0 unspecified atom stereocenters. The van der Waals surface area contributed by atoms with Gasteiger partial charge in [-0.15, -0.1) is 0 Å². The Labute approximate surface area is 306 Å². The monoisotopic (exact) mass is 673 g/mol. The van der Waals surface area contributed by atoms with Crippen molar-refractivity contribution in [2.24, 2.45) is 0 Å². The fraction of sp³-hybridized carbons (Fsp3) is 0. The third-order valence-corrected chi connectivity index (χ3v) is 10.9. The summed E-state index contributed by atoms with van der Waals surface area (Å²) < 4.78 is 6.59. The van der Waals surface area contributed by atoms with Gasteiger partial charge in [-0.3, -0.25) is 0 Å². The van der Waals surface area contributed by atoms with E-state index in [2.05, 4.69) is 158 Å². The zero-order valence-corrected chi connectivity index (χ0v) is 28.8. The van der Waals surface area contributed by atoms with Crippen LogP contribution in [0, 0.1) is 0 Å². The molecule has 2 nitrogen and oxygen atoms in total.